The minimum Gasteiger partial charge on any atom is -0.416 e. The van der Waals surface area contributed by atoms with Crippen molar-refractivity contribution in [1.29, 1.82) is 0 Å². The minimum atomic E-state index is -0.348. The quantitative estimate of drug-likeness (QED) is 0.694. The molecule has 3 rings (SSSR count). The standard InChI is InChI=1S/C17H14FN3O2S/c18-13-6-8-14(9-7-13)19-15(22)11-24-17-21-20-16(23-17)10-12-4-2-1-3-5-12/h1-9H,10-11H2,(H,19,22). The van der Waals surface area contributed by atoms with Crippen molar-refractivity contribution in [2.45, 2.75) is 11.6 Å². The number of halogens is 1. The second-order valence-electron chi connectivity index (χ2n) is 4.97. The van der Waals surface area contributed by atoms with Crippen LogP contribution in [0.1, 0.15) is 11.5 Å². The molecule has 0 unspecified atom stereocenters. The Labute approximate surface area is 142 Å². The zero-order chi connectivity index (χ0) is 16.8. The van der Waals surface area contributed by atoms with Crippen molar-refractivity contribution in [3.05, 3.63) is 71.9 Å². The van der Waals surface area contributed by atoms with Crippen molar-refractivity contribution >= 4 is 23.4 Å². The summed E-state index contributed by atoms with van der Waals surface area (Å²) in [6.45, 7) is 0. The van der Waals surface area contributed by atoms with Gasteiger partial charge in [-0.05, 0) is 29.8 Å². The summed E-state index contributed by atoms with van der Waals surface area (Å²) < 4.78 is 18.3. The molecule has 7 heteroatoms. The lowest BCUT2D eigenvalue weighted by Crippen LogP contribution is -2.13. The van der Waals surface area contributed by atoms with Gasteiger partial charge < -0.3 is 9.73 Å². The lowest BCUT2D eigenvalue weighted by atomic mass is 10.2. The first kappa shape index (κ1) is 16.2. The van der Waals surface area contributed by atoms with Crippen LogP contribution in [0, 0.1) is 5.82 Å². The largest absolute Gasteiger partial charge is 0.416 e. The van der Waals surface area contributed by atoms with Gasteiger partial charge in [0.05, 0.1) is 12.2 Å². The molecule has 2 aromatic carbocycles. The van der Waals surface area contributed by atoms with Gasteiger partial charge in [-0.1, -0.05) is 42.1 Å². The highest BCUT2D eigenvalue weighted by molar-refractivity contribution is 7.99. The SMILES string of the molecule is O=C(CSc1nnc(Cc2ccccc2)o1)Nc1ccc(F)cc1. The number of carbonyl (C=O) groups is 1. The lowest BCUT2D eigenvalue weighted by molar-refractivity contribution is -0.113. The Balaban J connectivity index is 1.50. The summed E-state index contributed by atoms with van der Waals surface area (Å²) >= 11 is 1.16. The molecule has 0 bridgehead atoms. The van der Waals surface area contributed by atoms with Crippen LogP contribution < -0.4 is 5.32 Å². The topological polar surface area (TPSA) is 68.0 Å². The Bertz CT molecular complexity index is 806. The Morgan fingerprint density at radius 3 is 2.58 bits per heavy atom. The van der Waals surface area contributed by atoms with E-state index in [1.165, 1.54) is 24.3 Å². The highest BCUT2D eigenvalue weighted by Gasteiger charge is 2.10. The number of thioether (sulfide) groups is 1. The summed E-state index contributed by atoms with van der Waals surface area (Å²) in [5.41, 5.74) is 1.61. The fourth-order valence-corrected chi connectivity index (χ4v) is 2.58. The molecule has 0 saturated heterocycles. The summed E-state index contributed by atoms with van der Waals surface area (Å²) in [5.74, 6) is 0.0564. The molecule has 24 heavy (non-hydrogen) atoms. The molecule has 0 saturated carbocycles. The third-order valence-corrected chi connectivity index (χ3v) is 3.92. The van der Waals surface area contributed by atoms with Crippen LogP contribution >= 0.6 is 11.8 Å². The van der Waals surface area contributed by atoms with Crippen LogP contribution in [0.15, 0.2) is 64.2 Å². The van der Waals surface area contributed by atoms with Gasteiger partial charge in [0.15, 0.2) is 0 Å². The van der Waals surface area contributed by atoms with Gasteiger partial charge >= 0.3 is 0 Å². The fraction of sp³-hybridized carbons (Fsp3) is 0.118. The van der Waals surface area contributed by atoms with E-state index in [9.17, 15) is 9.18 Å². The number of nitrogens with zero attached hydrogens (tertiary/aromatic N) is 2. The molecule has 122 valence electrons. The van der Waals surface area contributed by atoms with Crippen molar-refractivity contribution in [3.8, 4) is 0 Å². The fourth-order valence-electron chi connectivity index (χ4n) is 2.00. The second-order valence-corrected chi connectivity index (χ2v) is 5.89. The van der Waals surface area contributed by atoms with Crippen LogP contribution in [0.2, 0.25) is 0 Å². The third-order valence-electron chi connectivity index (χ3n) is 3.10. The number of aromatic nitrogens is 2. The summed E-state index contributed by atoms with van der Waals surface area (Å²) in [4.78, 5) is 11.9. The first-order valence-electron chi connectivity index (χ1n) is 7.23. The monoisotopic (exact) mass is 343 g/mol. The van der Waals surface area contributed by atoms with Crippen molar-refractivity contribution < 1.29 is 13.6 Å². The maximum absolute atomic E-state index is 12.8. The van der Waals surface area contributed by atoms with Gasteiger partial charge in [0.25, 0.3) is 5.22 Å². The number of hydrogen-bond acceptors (Lipinski definition) is 5. The highest BCUT2D eigenvalue weighted by Crippen LogP contribution is 2.18. The molecule has 1 N–H and O–H groups in total. The molecule has 1 amide bonds. The molecule has 0 fully saturated rings. The number of amides is 1. The number of benzene rings is 2. The summed E-state index contributed by atoms with van der Waals surface area (Å²) in [6, 6.07) is 15.4. The zero-order valence-electron chi connectivity index (χ0n) is 12.6. The summed E-state index contributed by atoms with van der Waals surface area (Å²) in [6.07, 6.45) is 0.552. The summed E-state index contributed by atoms with van der Waals surface area (Å²) in [5, 5.41) is 10.9. The summed E-state index contributed by atoms with van der Waals surface area (Å²) in [7, 11) is 0. The minimum absolute atomic E-state index is 0.129. The van der Waals surface area contributed by atoms with E-state index in [0.29, 0.717) is 23.2 Å². The first-order chi connectivity index (χ1) is 11.7. The normalized spacial score (nSPS) is 10.5. The molecule has 1 heterocycles. The van der Waals surface area contributed by atoms with E-state index >= 15 is 0 Å². The Morgan fingerprint density at radius 2 is 1.83 bits per heavy atom. The van der Waals surface area contributed by atoms with E-state index in [0.717, 1.165) is 17.3 Å². The Morgan fingerprint density at radius 1 is 1.08 bits per heavy atom. The number of rotatable bonds is 6. The Hall–Kier alpha value is -2.67. The molecule has 0 atom stereocenters. The molecule has 0 aliphatic heterocycles. The second kappa shape index (κ2) is 7.74. The molecule has 0 aliphatic rings. The van der Waals surface area contributed by atoms with Crippen LogP contribution in [-0.4, -0.2) is 21.9 Å². The smallest absolute Gasteiger partial charge is 0.277 e. The number of anilines is 1. The van der Waals surface area contributed by atoms with Gasteiger partial charge in [0, 0.05) is 5.69 Å². The van der Waals surface area contributed by atoms with E-state index in [1.54, 1.807) is 0 Å². The average molecular weight is 343 g/mol. The van der Waals surface area contributed by atoms with Crippen LogP contribution in [0.4, 0.5) is 10.1 Å². The first-order valence-corrected chi connectivity index (χ1v) is 8.22. The molecule has 0 spiro atoms. The highest BCUT2D eigenvalue weighted by atomic mass is 32.2. The lowest BCUT2D eigenvalue weighted by Gasteiger charge is -2.03. The van der Waals surface area contributed by atoms with Gasteiger partial charge in [-0.15, -0.1) is 10.2 Å². The predicted molar refractivity (Wildman–Crippen MR) is 89.3 cm³/mol. The van der Waals surface area contributed by atoms with Crippen molar-refractivity contribution in [1.82, 2.24) is 10.2 Å². The molecular weight excluding hydrogens is 329 g/mol. The van der Waals surface area contributed by atoms with E-state index in [4.69, 9.17) is 4.42 Å². The van der Waals surface area contributed by atoms with E-state index in [-0.39, 0.29) is 17.5 Å². The van der Waals surface area contributed by atoms with Crippen LogP contribution in [0.3, 0.4) is 0 Å². The molecule has 5 nitrogen and oxygen atoms in total. The van der Waals surface area contributed by atoms with Crippen LogP contribution in [-0.2, 0) is 11.2 Å². The molecular formula is C17H14FN3O2S. The van der Waals surface area contributed by atoms with Crippen molar-refractivity contribution in [2.24, 2.45) is 0 Å². The van der Waals surface area contributed by atoms with Crippen molar-refractivity contribution in [3.63, 3.8) is 0 Å². The van der Waals surface area contributed by atoms with Gasteiger partial charge in [-0.25, -0.2) is 4.39 Å². The van der Waals surface area contributed by atoms with E-state index in [2.05, 4.69) is 15.5 Å². The van der Waals surface area contributed by atoms with Crippen LogP contribution in [0.25, 0.3) is 0 Å². The number of carbonyl (C=O) groups excluding carboxylic acids is 1. The van der Waals surface area contributed by atoms with Crippen molar-refractivity contribution in [2.75, 3.05) is 11.1 Å². The number of hydrogen-bond donors (Lipinski definition) is 1. The van der Waals surface area contributed by atoms with E-state index < -0.39 is 0 Å². The van der Waals surface area contributed by atoms with E-state index in [1.807, 2.05) is 30.3 Å². The number of nitrogens with one attached hydrogen (secondary N) is 1. The molecule has 1 aromatic heterocycles. The predicted octanol–water partition coefficient (Wildman–Crippen LogP) is 3.53. The average Bonchev–Trinajstić information content (AvgIpc) is 3.03. The van der Waals surface area contributed by atoms with Gasteiger partial charge in [0.1, 0.15) is 5.82 Å². The molecule has 0 aliphatic carbocycles. The third kappa shape index (κ3) is 4.66. The van der Waals surface area contributed by atoms with Gasteiger partial charge in [0.2, 0.25) is 11.8 Å². The Kier molecular flexibility index (Phi) is 5.22. The maximum atomic E-state index is 12.8. The zero-order valence-corrected chi connectivity index (χ0v) is 13.4. The molecule has 0 radical (unpaired) electrons. The van der Waals surface area contributed by atoms with Crippen LogP contribution in [0.5, 0.6) is 0 Å². The molecule has 3 aromatic rings. The van der Waals surface area contributed by atoms with Gasteiger partial charge in [-0.2, -0.15) is 0 Å². The van der Waals surface area contributed by atoms with Gasteiger partial charge in [-0.3, -0.25) is 4.79 Å². The maximum Gasteiger partial charge on any atom is 0.277 e.